The molecule has 0 radical (unpaired) electrons. The third-order valence-electron chi connectivity index (χ3n) is 4.40. The maximum Gasteiger partial charge on any atom is 0.433 e. The second-order valence-corrected chi connectivity index (χ2v) is 6.37. The molecule has 0 aliphatic rings. The van der Waals surface area contributed by atoms with Crippen LogP contribution in [0.1, 0.15) is 16.1 Å². The summed E-state index contributed by atoms with van der Waals surface area (Å²) >= 11 is 0. The highest BCUT2D eigenvalue weighted by Crippen LogP contribution is 2.32. The number of methoxy groups -OCH3 is 1. The van der Waals surface area contributed by atoms with Crippen LogP contribution in [0.2, 0.25) is 0 Å². The molecule has 0 fully saturated rings. The number of nitrogens with zero attached hydrogens (tertiary/aromatic N) is 3. The highest BCUT2D eigenvalue weighted by Gasteiger charge is 2.36. The number of nitrogens with one attached hydrogen (secondary N) is 1. The molecule has 0 unspecified atom stereocenters. The van der Waals surface area contributed by atoms with Crippen molar-refractivity contribution in [3.8, 4) is 17.0 Å². The largest absolute Gasteiger partial charge is 0.497 e. The third-order valence-corrected chi connectivity index (χ3v) is 4.40. The molecule has 6 nitrogen and oxygen atoms in total. The van der Waals surface area contributed by atoms with Crippen LogP contribution < -0.4 is 10.1 Å². The Morgan fingerprint density at radius 2 is 1.83 bits per heavy atom. The Hall–Kier alpha value is -3.88. The van der Waals surface area contributed by atoms with Crippen molar-refractivity contribution in [2.75, 3.05) is 12.4 Å². The SMILES string of the molecule is COc1cccc(NC(=O)c2cnn3c(C(F)(F)F)cc(-c4ccccc4)nc23)c1. The van der Waals surface area contributed by atoms with E-state index in [1.807, 2.05) is 0 Å². The van der Waals surface area contributed by atoms with Crippen molar-refractivity contribution in [2.45, 2.75) is 6.18 Å². The highest BCUT2D eigenvalue weighted by atomic mass is 19.4. The van der Waals surface area contributed by atoms with Crippen molar-refractivity contribution in [1.82, 2.24) is 14.6 Å². The summed E-state index contributed by atoms with van der Waals surface area (Å²) in [6.45, 7) is 0. The van der Waals surface area contributed by atoms with Gasteiger partial charge in [-0.2, -0.15) is 18.3 Å². The fourth-order valence-electron chi connectivity index (χ4n) is 2.98. The van der Waals surface area contributed by atoms with Crippen LogP contribution in [0.25, 0.3) is 16.9 Å². The molecule has 0 saturated heterocycles. The second-order valence-electron chi connectivity index (χ2n) is 6.37. The van der Waals surface area contributed by atoms with Crippen LogP contribution in [0.4, 0.5) is 18.9 Å². The summed E-state index contributed by atoms with van der Waals surface area (Å²) in [6.07, 6.45) is -3.61. The number of amides is 1. The standard InChI is InChI=1S/C21H15F3N4O2/c1-30-15-9-5-8-14(10-15)26-20(29)16-12-25-28-18(21(22,23)24)11-17(27-19(16)28)13-6-3-2-4-7-13/h2-12H,1H3,(H,26,29). The molecular formula is C21H15F3N4O2. The lowest BCUT2D eigenvalue weighted by atomic mass is 10.1. The fourth-order valence-corrected chi connectivity index (χ4v) is 2.98. The predicted octanol–water partition coefficient (Wildman–Crippen LogP) is 4.68. The quantitative estimate of drug-likeness (QED) is 0.529. The van der Waals surface area contributed by atoms with E-state index in [2.05, 4.69) is 15.4 Å². The molecule has 1 amide bonds. The minimum Gasteiger partial charge on any atom is -0.497 e. The normalized spacial score (nSPS) is 11.5. The van der Waals surface area contributed by atoms with Gasteiger partial charge in [-0.3, -0.25) is 4.79 Å². The molecule has 4 aromatic rings. The molecule has 152 valence electrons. The van der Waals surface area contributed by atoms with Gasteiger partial charge in [0.15, 0.2) is 11.3 Å². The van der Waals surface area contributed by atoms with Gasteiger partial charge < -0.3 is 10.1 Å². The maximum atomic E-state index is 13.7. The van der Waals surface area contributed by atoms with Gasteiger partial charge in [-0.1, -0.05) is 36.4 Å². The van der Waals surface area contributed by atoms with Gasteiger partial charge in [-0.15, -0.1) is 0 Å². The predicted molar refractivity (Wildman–Crippen MR) is 104 cm³/mol. The summed E-state index contributed by atoms with van der Waals surface area (Å²) in [4.78, 5) is 17.1. The van der Waals surface area contributed by atoms with Crippen molar-refractivity contribution in [3.05, 3.63) is 78.1 Å². The summed E-state index contributed by atoms with van der Waals surface area (Å²) in [6, 6.07) is 16.0. The fraction of sp³-hybridized carbons (Fsp3) is 0.0952. The first-order chi connectivity index (χ1) is 14.4. The van der Waals surface area contributed by atoms with Gasteiger partial charge in [0, 0.05) is 17.3 Å². The maximum absolute atomic E-state index is 13.7. The summed E-state index contributed by atoms with van der Waals surface area (Å²) in [5.74, 6) is -0.111. The lowest BCUT2D eigenvalue weighted by molar-refractivity contribution is -0.142. The first-order valence-corrected chi connectivity index (χ1v) is 8.83. The molecule has 0 atom stereocenters. The molecule has 0 bridgehead atoms. The lowest BCUT2D eigenvalue weighted by Gasteiger charge is -2.12. The van der Waals surface area contributed by atoms with Gasteiger partial charge >= 0.3 is 6.18 Å². The van der Waals surface area contributed by atoms with E-state index in [1.54, 1.807) is 54.6 Å². The Morgan fingerprint density at radius 1 is 1.07 bits per heavy atom. The number of ether oxygens (including phenoxy) is 1. The van der Waals surface area contributed by atoms with Crippen molar-refractivity contribution in [2.24, 2.45) is 0 Å². The van der Waals surface area contributed by atoms with Crippen molar-refractivity contribution < 1.29 is 22.7 Å². The summed E-state index contributed by atoms with van der Waals surface area (Å²) in [5, 5.41) is 6.40. The van der Waals surface area contributed by atoms with E-state index in [0.29, 0.717) is 21.5 Å². The molecule has 1 N–H and O–H groups in total. The first kappa shape index (κ1) is 19.4. The molecule has 0 aliphatic carbocycles. The number of benzene rings is 2. The van der Waals surface area contributed by atoms with Crippen molar-refractivity contribution in [3.63, 3.8) is 0 Å². The van der Waals surface area contributed by atoms with E-state index in [9.17, 15) is 18.0 Å². The zero-order valence-corrected chi connectivity index (χ0v) is 15.6. The number of alkyl halides is 3. The average molecular weight is 412 g/mol. The lowest BCUT2D eigenvalue weighted by Crippen LogP contribution is -2.15. The average Bonchev–Trinajstić information content (AvgIpc) is 3.17. The number of aromatic nitrogens is 3. The molecule has 0 spiro atoms. The van der Waals surface area contributed by atoms with Crippen molar-refractivity contribution >= 4 is 17.2 Å². The molecule has 2 aromatic carbocycles. The number of anilines is 1. The van der Waals surface area contributed by atoms with E-state index in [0.717, 1.165) is 12.3 Å². The topological polar surface area (TPSA) is 68.5 Å². The van der Waals surface area contributed by atoms with Gasteiger partial charge in [0.25, 0.3) is 5.91 Å². The Kier molecular flexibility index (Phi) is 4.86. The number of rotatable bonds is 4. The van der Waals surface area contributed by atoms with Gasteiger partial charge in [0.05, 0.1) is 19.0 Å². The van der Waals surface area contributed by atoms with Gasteiger partial charge in [0.1, 0.15) is 11.3 Å². The van der Waals surface area contributed by atoms with Crippen LogP contribution in [0, 0.1) is 0 Å². The van der Waals surface area contributed by atoms with E-state index in [-0.39, 0.29) is 16.9 Å². The molecule has 4 rings (SSSR count). The number of carbonyl (C=O) groups excluding carboxylic acids is 1. The number of halogens is 3. The number of carbonyl (C=O) groups is 1. The number of fused-ring (bicyclic) bond motifs is 1. The molecule has 2 aromatic heterocycles. The van der Waals surface area contributed by atoms with Crippen LogP contribution in [0.3, 0.4) is 0 Å². The molecule has 30 heavy (non-hydrogen) atoms. The zero-order chi connectivity index (χ0) is 21.3. The summed E-state index contributed by atoms with van der Waals surface area (Å²) < 4.78 is 46.7. The Balaban J connectivity index is 1.82. The monoisotopic (exact) mass is 412 g/mol. The Morgan fingerprint density at radius 3 is 2.53 bits per heavy atom. The number of hydrogen-bond acceptors (Lipinski definition) is 4. The second kappa shape index (κ2) is 7.51. The molecule has 0 aliphatic heterocycles. The van der Waals surface area contributed by atoms with E-state index >= 15 is 0 Å². The molecule has 2 heterocycles. The van der Waals surface area contributed by atoms with E-state index in [1.165, 1.54) is 7.11 Å². The summed E-state index contributed by atoms with van der Waals surface area (Å²) in [5.41, 5.74) is -0.289. The van der Waals surface area contributed by atoms with E-state index in [4.69, 9.17) is 4.74 Å². The highest BCUT2D eigenvalue weighted by molar-refractivity contribution is 6.08. The van der Waals surface area contributed by atoms with Crippen LogP contribution in [-0.2, 0) is 6.18 Å². The first-order valence-electron chi connectivity index (χ1n) is 8.83. The third kappa shape index (κ3) is 3.69. The van der Waals surface area contributed by atoms with Gasteiger partial charge in [-0.25, -0.2) is 9.50 Å². The Bertz CT molecular complexity index is 1220. The molecular weight excluding hydrogens is 397 g/mol. The minimum atomic E-state index is -4.68. The van der Waals surface area contributed by atoms with Crippen LogP contribution in [0.5, 0.6) is 5.75 Å². The van der Waals surface area contributed by atoms with Crippen LogP contribution in [0.15, 0.2) is 66.9 Å². The molecule has 0 saturated carbocycles. The van der Waals surface area contributed by atoms with Gasteiger partial charge in [0.2, 0.25) is 0 Å². The van der Waals surface area contributed by atoms with Crippen LogP contribution in [-0.4, -0.2) is 27.6 Å². The summed E-state index contributed by atoms with van der Waals surface area (Å²) in [7, 11) is 1.49. The minimum absolute atomic E-state index is 0.0823. The smallest absolute Gasteiger partial charge is 0.433 e. The van der Waals surface area contributed by atoms with Crippen LogP contribution >= 0.6 is 0 Å². The number of hydrogen-bond donors (Lipinski definition) is 1. The Labute approximate surface area is 168 Å². The van der Waals surface area contributed by atoms with E-state index < -0.39 is 17.8 Å². The van der Waals surface area contributed by atoms with Crippen molar-refractivity contribution in [1.29, 1.82) is 0 Å². The molecule has 9 heteroatoms. The zero-order valence-electron chi connectivity index (χ0n) is 15.6. The van der Waals surface area contributed by atoms with Gasteiger partial charge in [-0.05, 0) is 18.2 Å².